The van der Waals surface area contributed by atoms with E-state index in [1.165, 1.54) is 18.2 Å². The Morgan fingerprint density at radius 2 is 1.83 bits per heavy atom. The fraction of sp³-hybridized carbons (Fsp3) is 0. The number of nitrogens with one attached hydrogen (secondary N) is 1. The zero-order valence-corrected chi connectivity index (χ0v) is 13.7. The Balaban J connectivity index is 1.82. The van der Waals surface area contributed by atoms with Gasteiger partial charge in [0.25, 0.3) is 5.91 Å². The van der Waals surface area contributed by atoms with Crippen LogP contribution in [0.2, 0.25) is 10.0 Å². The maximum absolute atomic E-state index is 13.7. The van der Waals surface area contributed by atoms with E-state index < -0.39 is 11.7 Å². The number of hydrogen-bond donors (Lipinski definition) is 1. The Bertz CT molecular complexity index is 847. The average molecular weight is 368 g/mol. The van der Waals surface area contributed by atoms with Crippen LogP contribution in [0.1, 0.15) is 10.4 Å². The molecule has 1 N–H and O–H groups in total. The summed E-state index contributed by atoms with van der Waals surface area (Å²) < 4.78 is 13.7. The second-order valence-corrected chi connectivity index (χ2v) is 6.29. The van der Waals surface area contributed by atoms with E-state index in [1.807, 2.05) is 0 Å². The topological polar surface area (TPSA) is 54.9 Å². The fourth-order valence-electron chi connectivity index (χ4n) is 1.86. The largest absolute Gasteiger partial charge is 0.296 e. The first-order chi connectivity index (χ1) is 11.0. The van der Waals surface area contributed by atoms with E-state index in [1.54, 1.807) is 24.3 Å². The van der Waals surface area contributed by atoms with Crippen LogP contribution in [-0.2, 0) is 0 Å². The molecule has 0 saturated heterocycles. The Morgan fingerprint density at radius 3 is 2.52 bits per heavy atom. The van der Waals surface area contributed by atoms with Crippen LogP contribution in [0.4, 0.5) is 9.52 Å². The van der Waals surface area contributed by atoms with Gasteiger partial charge in [-0.05, 0) is 24.3 Å². The molecule has 0 unspecified atom stereocenters. The number of rotatable bonds is 3. The van der Waals surface area contributed by atoms with Crippen molar-refractivity contribution in [3.8, 4) is 10.6 Å². The Morgan fingerprint density at radius 1 is 1.09 bits per heavy atom. The van der Waals surface area contributed by atoms with Gasteiger partial charge in [0, 0.05) is 10.6 Å². The molecule has 3 rings (SSSR count). The summed E-state index contributed by atoms with van der Waals surface area (Å²) >= 11 is 12.9. The molecule has 0 saturated carbocycles. The van der Waals surface area contributed by atoms with Crippen LogP contribution in [0.5, 0.6) is 0 Å². The fourth-order valence-corrected chi connectivity index (χ4v) is 2.98. The molecule has 0 radical (unpaired) electrons. The van der Waals surface area contributed by atoms with Gasteiger partial charge in [0.15, 0.2) is 0 Å². The van der Waals surface area contributed by atoms with Crippen molar-refractivity contribution in [3.05, 3.63) is 63.9 Å². The lowest BCUT2D eigenvalue weighted by Gasteiger charge is -2.04. The molecule has 0 aliphatic carbocycles. The molecule has 0 fully saturated rings. The average Bonchev–Trinajstić information content (AvgIpc) is 2.96. The van der Waals surface area contributed by atoms with Crippen LogP contribution < -0.4 is 5.32 Å². The molecule has 0 aliphatic rings. The van der Waals surface area contributed by atoms with Crippen molar-refractivity contribution in [1.82, 2.24) is 10.2 Å². The lowest BCUT2D eigenvalue weighted by atomic mass is 10.2. The smallest absolute Gasteiger partial charge is 0.261 e. The Hall–Kier alpha value is -2.02. The summed E-state index contributed by atoms with van der Waals surface area (Å²) in [5.41, 5.74) is 0.591. The highest BCUT2D eigenvalue weighted by Crippen LogP contribution is 2.28. The molecule has 0 bridgehead atoms. The normalized spacial score (nSPS) is 10.6. The number of benzene rings is 2. The molecule has 3 aromatic rings. The van der Waals surface area contributed by atoms with E-state index in [-0.39, 0.29) is 15.7 Å². The minimum Gasteiger partial charge on any atom is -0.296 e. The van der Waals surface area contributed by atoms with Gasteiger partial charge in [-0.25, -0.2) is 4.39 Å². The lowest BCUT2D eigenvalue weighted by molar-refractivity contribution is 0.102. The summed E-state index contributed by atoms with van der Waals surface area (Å²) in [7, 11) is 0. The van der Waals surface area contributed by atoms with E-state index in [9.17, 15) is 9.18 Å². The first-order valence-electron chi connectivity index (χ1n) is 6.39. The maximum atomic E-state index is 13.7. The molecule has 116 valence electrons. The van der Waals surface area contributed by atoms with E-state index in [4.69, 9.17) is 23.2 Å². The van der Waals surface area contributed by atoms with Crippen molar-refractivity contribution in [1.29, 1.82) is 0 Å². The number of anilines is 1. The van der Waals surface area contributed by atoms with Gasteiger partial charge in [-0.1, -0.05) is 52.7 Å². The van der Waals surface area contributed by atoms with Crippen molar-refractivity contribution in [2.24, 2.45) is 0 Å². The van der Waals surface area contributed by atoms with Crippen LogP contribution >= 0.6 is 34.5 Å². The molecule has 0 aliphatic heterocycles. The second kappa shape index (κ2) is 6.62. The predicted molar refractivity (Wildman–Crippen MR) is 89.7 cm³/mol. The summed E-state index contributed by atoms with van der Waals surface area (Å²) in [6.07, 6.45) is 0. The van der Waals surface area contributed by atoms with Crippen molar-refractivity contribution < 1.29 is 9.18 Å². The number of hydrogen-bond acceptors (Lipinski definition) is 4. The van der Waals surface area contributed by atoms with Crippen LogP contribution in [0.3, 0.4) is 0 Å². The first-order valence-corrected chi connectivity index (χ1v) is 7.96. The minimum absolute atomic E-state index is 0.0324. The van der Waals surface area contributed by atoms with Crippen molar-refractivity contribution in [2.75, 3.05) is 5.32 Å². The Labute approximate surface area is 144 Å². The molecule has 1 amide bonds. The third-order valence-corrected chi connectivity index (χ3v) is 4.38. The molecule has 0 atom stereocenters. The van der Waals surface area contributed by atoms with Gasteiger partial charge in [-0.15, -0.1) is 10.2 Å². The summed E-state index contributed by atoms with van der Waals surface area (Å²) in [5, 5.41) is 11.9. The zero-order chi connectivity index (χ0) is 16.4. The number of halogens is 3. The van der Waals surface area contributed by atoms with Crippen molar-refractivity contribution in [2.45, 2.75) is 0 Å². The summed E-state index contributed by atoms with van der Waals surface area (Å²) in [6.45, 7) is 0. The summed E-state index contributed by atoms with van der Waals surface area (Å²) in [6, 6.07) is 11.1. The monoisotopic (exact) mass is 367 g/mol. The summed E-state index contributed by atoms with van der Waals surface area (Å²) in [4.78, 5) is 12.1. The number of amides is 1. The van der Waals surface area contributed by atoms with E-state index in [0.29, 0.717) is 10.0 Å². The highest BCUT2D eigenvalue weighted by molar-refractivity contribution is 7.18. The SMILES string of the molecule is O=C(Nc1nnc(-c2ccc(Cl)cc2)s1)c1c(F)cccc1Cl. The summed E-state index contributed by atoms with van der Waals surface area (Å²) in [5.74, 6) is -1.37. The van der Waals surface area contributed by atoms with Crippen molar-refractivity contribution in [3.63, 3.8) is 0 Å². The van der Waals surface area contributed by atoms with Gasteiger partial charge in [0.2, 0.25) is 5.13 Å². The van der Waals surface area contributed by atoms with Crippen LogP contribution in [0.25, 0.3) is 10.6 Å². The molecular formula is C15H8Cl2FN3OS. The third kappa shape index (κ3) is 3.50. The van der Waals surface area contributed by atoms with Gasteiger partial charge in [0.05, 0.1) is 10.6 Å². The second-order valence-electron chi connectivity index (χ2n) is 4.47. The van der Waals surface area contributed by atoms with Gasteiger partial charge in [0.1, 0.15) is 10.8 Å². The maximum Gasteiger partial charge on any atom is 0.261 e. The number of aromatic nitrogens is 2. The number of nitrogens with zero attached hydrogens (tertiary/aromatic N) is 2. The van der Waals surface area contributed by atoms with E-state index >= 15 is 0 Å². The highest BCUT2D eigenvalue weighted by Gasteiger charge is 2.17. The highest BCUT2D eigenvalue weighted by atomic mass is 35.5. The van der Waals surface area contributed by atoms with Crippen LogP contribution in [0, 0.1) is 5.82 Å². The van der Waals surface area contributed by atoms with Crippen molar-refractivity contribution >= 4 is 45.6 Å². The quantitative estimate of drug-likeness (QED) is 0.715. The number of carbonyl (C=O) groups excluding carboxylic acids is 1. The molecule has 2 aromatic carbocycles. The van der Waals surface area contributed by atoms with Gasteiger partial charge < -0.3 is 0 Å². The van der Waals surface area contributed by atoms with Crippen LogP contribution in [0.15, 0.2) is 42.5 Å². The number of carbonyl (C=O) groups is 1. The lowest BCUT2D eigenvalue weighted by Crippen LogP contribution is -2.14. The van der Waals surface area contributed by atoms with E-state index in [2.05, 4.69) is 15.5 Å². The molecular weight excluding hydrogens is 360 g/mol. The molecule has 8 heteroatoms. The standard InChI is InChI=1S/C15H8Cl2FN3OS/c16-9-6-4-8(5-7-9)14-20-21-15(23-14)19-13(22)12-10(17)2-1-3-11(12)18/h1-7H,(H,19,21,22). The Kier molecular flexibility index (Phi) is 4.56. The predicted octanol–water partition coefficient (Wildman–Crippen LogP) is 4.90. The van der Waals surface area contributed by atoms with Crippen LogP contribution in [-0.4, -0.2) is 16.1 Å². The molecule has 4 nitrogen and oxygen atoms in total. The molecule has 1 heterocycles. The van der Waals surface area contributed by atoms with Gasteiger partial charge in [-0.2, -0.15) is 0 Å². The molecule has 0 spiro atoms. The van der Waals surface area contributed by atoms with Gasteiger partial charge in [-0.3, -0.25) is 10.1 Å². The minimum atomic E-state index is -0.697. The third-order valence-electron chi connectivity index (χ3n) is 2.93. The van der Waals surface area contributed by atoms with Gasteiger partial charge >= 0.3 is 0 Å². The zero-order valence-electron chi connectivity index (χ0n) is 11.4. The van der Waals surface area contributed by atoms with E-state index in [0.717, 1.165) is 16.9 Å². The molecule has 1 aromatic heterocycles. The molecule has 23 heavy (non-hydrogen) atoms. The first kappa shape index (κ1) is 15.9.